The second-order valence-corrected chi connectivity index (χ2v) is 6.89. The van der Waals surface area contributed by atoms with Crippen LogP contribution in [0.4, 0.5) is 5.95 Å². The molecule has 7 heteroatoms. The topological polar surface area (TPSA) is 92.8 Å². The van der Waals surface area contributed by atoms with Crippen molar-refractivity contribution >= 4 is 33.9 Å². The van der Waals surface area contributed by atoms with Crippen molar-refractivity contribution < 1.29 is 4.79 Å². The number of nitrogens with two attached hydrogens (primary N) is 1. The molecule has 3 aromatic heterocycles. The highest BCUT2D eigenvalue weighted by Gasteiger charge is 2.25. The summed E-state index contributed by atoms with van der Waals surface area (Å²) in [6.45, 7) is 3.95. The number of nitrogens with zero attached hydrogens (tertiary/aromatic N) is 4. The van der Waals surface area contributed by atoms with Gasteiger partial charge in [-0.25, -0.2) is 9.97 Å². The van der Waals surface area contributed by atoms with Crippen LogP contribution in [0.1, 0.15) is 28.5 Å². The average molecular weight is 360 g/mol. The minimum atomic E-state index is -0.0293. The van der Waals surface area contributed by atoms with Crippen molar-refractivity contribution in [3.63, 3.8) is 0 Å². The van der Waals surface area contributed by atoms with Crippen molar-refractivity contribution in [3.8, 4) is 0 Å². The number of benzene rings is 1. The Morgan fingerprint density at radius 1 is 1.33 bits per heavy atom. The smallest absolute Gasteiger partial charge is 0.255 e. The molecule has 0 saturated heterocycles. The third-order valence-corrected chi connectivity index (χ3v) is 5.35. The fourth-order valence-electron chi connectivity index (χ4n) is 4.01. The Morgan fingerprint density at radius 2 is 2.19 bits per heavy atom. The Labute approximate surface area is 155 Å². The SMILES string of the molecule is CCn1c(N)nc2cc(C(=O)N3CCc4c([nH]c5ccccc45)C3)cnc21. The van der Waals surface area contributed by atoms with Crippen LogP contribution in [0.15, 0.2) is 36.5 Å². The quantitative estimate of drug-likeness (QED) is 0.575. The first-order valence-corrected chi connectivity index (χ1v) is 9.15. The van der Waals surface area contributed by atoms with E-state index in [4.69, 9.17) is 5.73 Å². The molecule has 0 bridgehead atoms. The number of nitrogens with one attached hydrogen (secondary N) is 1. The fourth-order valence-corrected chi connectivity index (χ4v) is 4.01. The number of fused-ring (bicyclic) bond motifs is 4. The molecule has 0 spiro atoms. The van der Waals surface area contributed by atoms with Crippen molar-refractivity contribution in [2.75, 3.05) is 12.3 Å². The Bertz CT molecular complexity index is 1190. The molecule has 27 heavy (non-hydrogen) atoms. The van der Waals surface area contributed by atoms with E-state index in [1.807, 2.05) is 22.5 Å². The van der Waals surface area contributed by atoms with Gasteiger partial charge in [-0.1, -0.05) is 18.2 Å². The van der Waals surface area contributed by atoms with Crippen LogP contribution in [0.3, 0.4) is 0 Å². The number of imidazole rings is 1. The molecule has 0 aliphatic carbocycles. The second kappa shape index (κ2) is 5.84. The molecule has 0 unspecified atom stereocenters. The number of hydrogen-bond acceptors (Lipinski definition) is 4. The van der Waals surface area contributed by atoms with Gasteiger partial charge in [0.05, 0.1) is 12.1 Å². The first-order chi connectivity index (χ1) is 13.2. The highest BCUT2D eigenvalue weighted by atomic mass is 16.2. The van der Waals surface area contributed by atoms with Crippen molar-refractivity contribution in [2.24, 2.45) is 0 Å². The van der Waals surface area contributed by atoms with E-state index in [1.54, 1.807) is 12.3 Å². The van der Waals surface area contributed by atoms with E-state index in [9.17, 15) is 4.79 Å². The van der Waals surface area contributed by atoms with Crippen molar-refractivity contribution in [1.82, 2.24) is 24.4 Å². The molecule has 0 saturated carbocycles. The second-order valence-electron chi connectivity index (χ2n) is 6.89. The van der Waals surface area contributed by atoms with Gasteiger partial charge in [-0.15, -0.1) is 0 Å². The van der Waals surface area contributed by atoms with E-state index in [0.717, 1.165) is 17.6 Å². The van der Waals surface area contributed by atoms with Gasteiger partial charge in [0.25, 0.3) is 5.91 Å². The molecule has 1 aliphatic rings. The van der Waals surface area contributed by atoms with Gasteiger partial charge < -0.3 is 15.6 Å². The number of anilines is 1. The molecule has 4 aromatic rings. The van der Waals surface area contributed by atoms with E-state index in [2.05, 4.69) is 33.2 Å². The Morgan fingerprint density at radius 3 is 3.04 bits per heavy atom. The summed E-state index contributed by atoms with van der Waals surface area (Å²) in [5.41, 5.74) is 11.4. The molecule has 0 atom stereocenters. The van der Waals surface area contributed by atoms with Crippen molar-refractivity contribution in [1.29, 1.82) is 0 Å². The first kappa shape index (κ1) is 15.9. The number of aromatic amines is 1. The van der Waals surface area contributed by atoms with Crippen LogP contribution in [0, 0.1) is 0 Å². The fraction of sp³-hybridized carbons (Fsp3) is 0.250. The molecule has 136 valence electrons. The number of amides is 1. The van der Waals surface area contributed by atoms with Crippen LogP contribution >= 0.6 is 0 Å². The molecule has 0 radical (unpaired) electrons. The van der Waals surface area contributed by atoms with Crippen molar-refractivity contribution in [3.05, 3.63) is 53.3 Å². The van der Waals surface area contributed by atoms with Crippen molar-refractivity contribution in [2.45, 2.75) is 26.4 Å². The summed E-state index contributed by atoms with van der Waals surface area (Å²) in [5.74, 6) is 0.392. The zero-order valence-corrected chi connectivity index (χ0v) is 15.1. The lowest BCUT2D eigenvalue weighted by atomic mass is 10.0. The maximum absolute atomic E-state index is 13.0. The number of rotatable bonds is 2. The number of para-hydroxylation sites is 1. The molecule has 5 rings (SSSR count). The summed E-state index contributed by atoms with van der Waals surface area (Å²) in [7, 11) is 0. The van der Waals surface area contributed by atoms with Gasteiger partial charge in [0.1, 0.15) is 5.52 Å². The highest BCUT2D eigenvalue weighted by molar-refractivity contribution is 5.97. The van der Waals surface area contributed by atoms with Gasteiger partial charge in [0, 0.05) is 35.9 Å². The first-order valence-electron chi connectivity index (χ1n) is 9.15. The molecule has 1 amide bonds. The molecular weight excluding hydrogens is 340 g/mol. The maximum Gasteiger partial charge on any atom is 0.255 e. The third-order valence-electron chi connectivity index (χ3n) is 5.35. The standard InChI is InChI=1S/C20H20N6O/c1-2-26-18-16(24-20(26)21)9-12(10-22-18)19(27)25-8-7-14-13-5-3-4-6-15(13)23-17(14)11-25/h3-6,9-10,23H,2,7-8,11H2,1H3,(H2,21,24). The Balaban J connectivity index is 1.47. The zero-order valence-electron chi connectivity index (χ0n) is 15.1. The van der Waals surface area contributed by atoms with Crippen LogP contribution in [-0.2, 0) is 19.5 Å². The number of carbonyl (C=O) groups is 1. The van der Waals surface area contributed by atoms with Gasteiger partial charge in [0.15, 0.2) is 5.65 Å². The molecule has 1 aliphatic heterocycles. The number of pyridine rings is 1. The molecule has 1 aromatic carbocycles. The van der Waals surface area contributed by atoms with E-state index in [1.165, 1.54) is 10.9 Å². The predicted octanol–water partition coefficient (Wildman–Crippen LogP) is 2.71. The summed E-state index contributed by atoms with van der Waals surface area (Å²) >= 11 is 0. The molecular formula is C20H20N6O. The molecule has 0 fully saturated rings. The monoisotopic (exact) mass is 360 g/mol. The van der Waals surface area contributed by atoms with Crippen LogP contribution in [0.2, 0.25) is 0 Å². The Hall–Kier alpha value is -3.35. The lowest BCUT2D eigenvalue weighted by Gasteiger charge is -2.27. The summed E-state index contributed by atoms with van der Waals surface area (Å²) in [6, 6.07) is 10.1. The molecule has 7 nitrogen and oxygen atoms in total. The number of nitrogen functional groups attached to an aromatic ring is 1. The largest absolute Gasteiger partial charge is 0.369 e. The van der Waals surface area contributed by atoms with E-state index in [0.29, 0.717) is 42.3 Å². The third kappa shape index (κ3) is 2.38. The minimum Gasteiger partial charge on any atom is -0.369 e. The number of aryl methyl sites for hydroxylation is 1. The summed E-state index contributed by atoms with van der Waals surface area (Å²) < 4.78 is 1.83. The maximum atomic E-state index is 13.0. The number of carbonyl (C=O) groups excluding carboxylic acids is 1. The molecule has 3 N–H and O–H groups in total. The average Bonchev–Trinajstić information content (AvgIpc) is 3.22. The minimum absolute atomic E-state index is 0.0293. The lowest BCUT2D eigenvalue weighted by molar-refractivity contribution is 0.0732. The van der Waals surface area contributed by atoms with E-state index >= 15 is 0 Å². The summed E-state index contributed by atoms with van der Waals surface area (Å²) in [5, 5.41) is 1.25. The molecule has 4 heterocycles. The Kier molecular flexibility index (Phi) is 3.43. The highest BCUT2D eigenvalue weighted by Crippen LogP contribution is 2.28. The van der Waals surface area contributed by atoms with Crippen LogP contribution < -0.4 is 5.73 Å². The summed E-state index contributed by atoms with van der Waals surface area (Å²) in [4.78, 5) is 27.1. The van der Waals surface area contributed by atoms with Gasteiger partial charge in [0.2, 0.25) is 5.95 Å². The lowest BCUT2D eigenvalue weighted by Crippen LogP contribution is -2.35. The number of aromatic nitrogens is 4. The summed E-state index contributed by atoms with van der Waals surface area (Å²) in [6.07, 6.45) is 2.47. The van der Waals surface area contributed by atoms with Gasteiger partial charge in [-0.2, -0.15) is 0 Å². The van der Waals surface area contributed by atoms with Crippen LogP contribution in [-0.4, -0.2) is 36.9 Å². The number of H-pyrrole nitrogens is 1. The number of hydrogen-bond donors (Lipinski definition) is 2. The van der Waals surface area contributed by atoms with E-state index < -0.39 is 0 Å². The normalized spacial score (nSPS) is 14.0. The zero-order chi connectivity index (χ0) is 18.5. The predicted molar refractivity (Wildman–Crippen MR) is 104 cm³/mol. The van der Waals surface area contributed by atoms with Crippen LogP contribution in [0.25, 0.3) is 22.1 Å². The van der Waals surface area contributed by atoms with Gasteiger partial charge in [-0.05, 0) is 31.0 Å². The van der Waals surface area contributed by atoms with Gasteiger partial charge >= 0.3 is 0 Å². The van der Waals surface area contributed by atoms with Gasteiger partial charge in [-0.3, -0.25) is 9.36 Å². The van der Waals surface area contributed by atoms with Crippen LogP contribution in [0.5, 0.6) is 0 Å². The van der Waals surface area contributed by atoms with E-state index in [-0.39, 0.29) is 5.91 Å².